The zero-order valence-electron chi connectivity index (χ0n) is 20.2. The summed E-state index contributed by atoms with van der Waals surface area (Å²) in [5.41, 5.74) is 5.70. The molecule has 0 saturated carbocycles. The van der Waals surface area contributed by atoms with Crippen LogP contribution in [-0.4, -0.2) is 41.0 Å². The summed E-state index contributed by atoms with van der Waals surface area (Å²) in [6.07, 6.45) is 2.29. The van der Waals surface area contributed by atoms with Gasteiger partial charge in [0.05, 0.1) is 23.9 Å². The van der Waals surface area contributed by atoms with Gasteiger partial charge >= 0.3 is 6.03 Å². The van der Waals surface area contributed by atoms with Crippen LogP contribution in [0.25, 0.3) is 5.69 Å². The topological polar surface area (TPSA) is 97.3 Å². The number of nitrogens with zero attached hydrogens (tertiary/aromatic N) is 2. The van der Waals surface area contributed by atoms with Crippen molar-refractivity contribution in [3.05, 3.63) is 70.0 Å². The number of benzene rings is 2. The number of aromatic nitrogens is 2. The van der Waals surface area contributed by atoms with E-state index in [1.54, 1.807) is 24.3 Å². The molecule has 0 bridgehead atoms. The zero-order chi connectivity index (χ0) is 24.9. The molecule has 4 rings (SSSR count). The van der Waals surface area contributed by atoms with Crippen molar-refractivity contribution in [2.75, 3.05) is 23.8 Å². The molecule has 1 aliphatic heterocycles. The first-order valence-corrected chi connectivity index (χ1v) is 12.1. The number of carbonyl (C=O) groups is 2. The van der Waals surface area contributed by atoms with E-state index in [4.69, 9.17) is 16.3 Å². The Morgan fingerprint density at radius 3 is 2.46 bits per heavy atom. The fourth-order valence-electron chi connectivity index (χ4n) is 4.09. The van der Waals surface area contributed by atoms with Crippen LogP contribution in [0.15, 0.2) is 42.5 Å². The number of carbonyl (C=O) groups excluding carboxylic acids is 2. The van der Waals surface area contributed by atoms with Crippen LogP contribution in [-0.2, 0) is 16.0 Å². The second-order valence-corrected chi connectivity index (χ2v) is 9.17. The third-order valence-electron chi connectivity index (χ3n) is 6.12. The fraction of sp³-hybridized carbons (Fsp3) is 0.346. The maximum Gasteiger partial charge on any atom is 0.319 e. The molecule has 2 heterocycles. The molecular formula is C26H30ClN5O3. The van der Waals surface area contributed by atoms with Crippen molar-refractivity contribution in [2.45, 2.75) is 46.1 Å². The third kappa shape index (κ3) is 6.21. The first kappa shape index (κ1) is 24.8. The van der Waals surface area contributed by atoms with E-state index in [0.717, 1.165) is 47.7 Å². The summed E-state index contributed by atoms with van der Waals surface area (Å²) in [7, 11) is 0. The van der Waals surface area contributed by atoms with Crippen molar-refractivity contribution < 1.29 is 14.3 Å². The number of hydrogen-bond acceptors (Lipinski definition) is 4. The van der Waals surface area contributed by atoms with Crippen molar-refractivity contribution in [1.29, 1.82) is 0 Å². The lowest BCUT2D eigenvalue weighted by Crippen LogP contribution is -2.35. The summed E-state index contributed by atoms with van der Waals surface area (Å²) in [5, 5.41) is 13.8. The van der Waals surface area contributed by atoms with E-state index < -0.39 is 0 Å². The minimum Gasteiger partial charge on any atom is -0.376 e. The van der Waals surface area contributed by atoms with Crippen molar-refractivity contribution in [2.24, 2.45) is 0 Å². The molecule has 2 aromatic carbocycles. The molecule has 0 radical (unpaired) electrons. The SMILES string of the molecule is Cc1ccc(-n2nc(C)c(CC(=O)Nc3ccc(NC(=O)NCC4CCCO4)cc3)c2C)cc1Cl. The zero-order valence-corrected chi connectivity index (χ0v) is 20.9. The molecule has 1 saturated heterocycles. The molecule has 1 aromatic heterocycles. The summed E-state index contributed by atoms with van der Waals surface area (Å²) < 4.78 is 7.32. The normalized spacial score (nSPS) is 15.1. The number of anilines is 2. The number of amides is 3. The number of rotatable bonds is 7. The number of ether oxygens (including phenoxy) is 1. The molecule has 184 valence electrons. The predicted molar refractivity (Wildman–Crippen MR) is 138 cm³/mol. The minimum atomic E-state index is -0.282. The van der Waals surface area contributed by atoms with Crippen molar-refractivity contribution >= 4 is 34.9 Å². The monoisotopic (exact) mass is 495 g/mol. The van der Waals surface area contributed by atoms with Gasteiger partial charge < -0.3 is 20.7 Å². The summed E-state index contributed by atoms with van der Waals surface area (Å²) in [6, 6.07) is 12.5. The summed E-state index contributed by atoms with van der Waals surface area (Å²) in [4.78, 5) is 24.8. The smallest absolute Gasteiger partial charge is 0.319 e. The van der Waals surface area contributed by atoms with Crippen LogP contribution in [0, 0.1) is 20.8 Å². The highest BCUT2D eigenvalue weighted by atomic mass is 35.5. The van der Waals surface area contributed by atoms with Crippen LogP contribution >= 0.6 is 11.6 Å². The maximum atomic E-state index is 12.7. The first-order valence-electron chi connectivity index (χ1n) is 11.7. The van der Waals surface area contributed by atoms with Crippen molar-refractivity contribution in [1.82, 2.24) is 15.1 Å². The molecule has 9 heteroatoms. The van der Waals surface area contributed by atoms with Crippen LogP contribution < -0.4 is 16.0 Å². The lowest BCUT2D eigenvalue weighted by molar-refractivity contribution is -0.115. The largest absolute Gasteiger partial charge is 0.376 e. The van der Waals surface area contributed by atoms with Gasteiger partial charge in [-0.2, -0.15) is 5.10 Å². The molecule has 1 aliphatic rings. The van der Waals surface area contributed by atoms with Gasteiger partial charge in [-0.15, -0.1) is 0 Å². The molecule has 3 amide bonds. The number of nitrogens with one attached hydrogen (secondary N) is 3. The van der Waals surface area contributed by atoms with E-state index >= 15 is 0 Å². The Bertz CT molecular complexity index is 1220. The van der Waals surface area contributed by atoms with Gasteiger partial charge in [-0.1, -0.05) is 17.7 Å². The first-order chi connectivity index (χ1) is 16.8. The van der Waals surface area contributed by atoms with Gasteiger partial charge in [0.25, 0.3) is 0 Å². The van der Waals surface area contributed by atoms with Gasteiger partial charge in [-0.25, -0.2) is 9.48 Å². The molecule has 0 spiro atoms. The molecule has 0 aliphatic carbocycles. The van der Waals surface area contributed by atoms with Crippen molar-refractivity contribution in [3.8, 4) is 5.69 Å². The lowest BCUT2D eigenvalue weighted by atomic mass is 10.1. The van der Waals surface area contributed by atoms with Gasteiger partial charge in [-0.05, 0) is 75.6 Å². The lowest BCUT2D eigenvalue weighted by Gasteiger charge is -2.12. The number of urea groups is 1. The summed E-state index contributed by atoms with van der Waals surface area (Å²) in [6.45, 7) is 7.04. The van der Waals surface area contributed by atoms with Crippen LogP contribution in [0.5, 0.6) is 0 Å². The predicted octanol–water partition coefficient (Wildman–Crippen LogP) is 4.93. The molecule has 35 heavy (non-hydrogen) atoms. The van der Waals surface area contributed by atoms with Gasteiger partial charge in [-0.3, -0.25) is 4.79 Å². The van der Waals surface area contributed by atoms with Crippen LogP contribution in [0.3, 0.4) is 0 Å². The molecule has 8 nitrogen and oxygen atoms in total. The quantitative estimate of drug-likeness (QED) is 0.432. The maximum absolute atomic E-state index is 12.7. The molecule has 3 aromatic rings. The highest BCUT2D eigenvalue weighted by Gasteiger charge is 2.18. The van der Waals surface area contributed by atoms with Crippen LogP contribution in [0.4, 0.5) is 16.2 Å². The standard InChI is InChI=1S/C26H30ClN5O3/c1-16-6-11-21(13-24(16)27)32-18(3)23(17(2)31-32)14-25(33)29-19-7-9-20(10-8-19)30-26(34)28-15-22-5-4-12-35-22/h6-11,13,22H,4-5,12,14-15H2,1-3H3,(H,29,33)(H2,28,30,34). The third-order valence-corrected chi connectivity index (χ3v) is 6.53. The summed E-state index contributed by atoms with van der Waals surface area (Å²) in [5.74, 6) is -0.146. The van der Waals surface area contributed by atoms with Gasteiger partial charge in [0.1, 0.15) is 0 Å². The Hall–Kier alpha value is -3.36. The van der Waals surface area contributed by atoms with E-state index in [9.17, 15) is 9.59 Å². The van der Waals surface area contributed by atoms with Crippen LogP contribution in [0.1, 0.15) is 35.4 Å². The summed E-state index contributed by atoms with van der Waals surface area (Å²) >= 11 is 6.28. The number of hydrogen-bond donors (Lipinski definition) is 3. The van der Waals surface area contributed by atoms with E-state index in [2.05, 4.69) is 21.0 Å². The van der Waals surface area contributed by atoms with E-state index in [1.165, 1.54) is 0 Å². The molecular weight excluding hydrogens is 466 g/mol. The second-order valence-electron chi connectivity index (χ2n) is 8.77. The highest BCUT2D eigenvalue weighted by Crippen LogP contribution is 2.23. The van der Waals surface area contributed by atoms with Gasteiger partial charge in [0, 0.05) is 40.8 Å². The minimum absolute atomic E-state index is 0.0902. The van der Waals surface area contributed by atoms with E-state index in [-0.39, 0.29) is 24.5 Å². The molecule has 1 fully saturated rings. The Balaban J connectivity index is 1.33. The average molecular weight is 496 g/mol. The fourth-order valence-corrected chi connectivity index (χ4v) is 4.26. The molecule has 1 unspecified atom stereocenters. The highest BCUT2D eigenvalue weighted by molar-refractivity contribution is 6.31. The Kier molecular flexibility index (Phi) is 7.73. The average Bonchev–Trinajstić information content (AvgIpc) is 3.45. The van der Waals surface area contributed by atoms with Gasteiger partial charge in [0.2, 0.25) is 5.91 Å². The molecule has 1 atom stereocenters. The number of halogens is 1. The Labute approximate surface area is 210 Å². The molecule has 3 N–H and O–H groups in total. The van der Waals surface area contributed by atoms with E-state index in [1.807, 2.05) is 43.7 Å². The van der Waals surface area contributed by atoms with E-state index in [0.29, 0.717) is 22.9 Å². The Morgan fingerprint density at radius 2 is 1.80 bits per heavy atom. The van der Waals surface area contributed by atoms with Crippen molar-refractivity contribution in [3.63, 3.8) is 0 Å². The van der Waals surface area contributed by atoms with Crippen LogP contribution in [0.2, 0.25) is 5.02 Å². The number of aryl methyl sites for hydroxylation is 2. The Morgan fingerprint density at radius 1 is 1.09 bits per heavy atom. The van der Waals surface area contributed by atoms with Gasteiger partial charge in [0.15, 0.2) is 0 Å². The second kappa shape index (κ2) is 10.9.